The molecule has 2 nitrogen and oxygen atoms in total. The summed E-state index contributed by atoms with van der Waals surface area (Å²) in [5.74, 6) is 0.803. The van der Waals surface area contributed by atoms with Crippen molar-refractivity contribution in [1.82, 2.24) is 0 Å². The van der Waals surface area contributed by atoms with Gasteiger partial charge in [-0.3, -0.25) is 0 Å². The Bertz CT molecular complexity index is 125. The minimum Gasteiger partial charge on any atom is -0.388 e. The van der Waals surface area contributed by atoms with Crippen LogP contribution in [0.5, 0.6) is 0 Å². The molecule has 2 unspecified atom stereocenters. The Hall–Kier alpha value is -0.0800. The molecule has 0 saturated carbocycles. The van der Waals surface area contributed by atoms with Crippen LogP contribution >= 0.6 is 0 Å². The van der Waals surface area contributed by atoms with Gasteiger partial charge in [0.2, 0.25) is 0 Å². The van der Waals surface area contributed by atoms with Gasteiger partial charge in [-0.1, -0.05) is 34.1 Å². The van der Waals surface area contributed by atoms with E-state index in [-0.39, 0.29) is 5.92 Å². The topological polar surface area (TPSA) is 46.2 Å². The Morgan fingerprint density at radius 3 is 2.08 bits per heavy atom. The molecule has 0 saturated heterocycles. The molecule has 2 heteroatoms. The Balaban J connectivity index is 4.14. The third-order valence-electron chi connectivity index (χ3n) is 2.83. The van der Waals surface area contributed by atoms with Crippen LogP contribution in [0.25, 0.3) is 0 Å². The third-order valence-corrected chi connectivity index (χ3v) is 2.83. The molecule has 0 aliphatic heterocycles. The summed E-state index contributed by atoms with van der Waals surface area (Å²) in [6, 6.07) is 0. The van der Waals surface area contributed by atoms with Gasteiger partial charge >= 0.3 is 0 Å². The molecule has 0 aliphatic carbocycles. The number of aliphatic hydroxyl groups is 1. The smallest absolute Gasteiger partial charge is 0.0794 e. The summed E-state index contributed by atoms with van der Waals surface area (Å²) in [5.41, 5.74) is 4.90. The lowest BCUT2D eigenvalue weighted by Gasteiger charge is -2.33. The van der Waals surface area contributed by atoms with Crippen LogP contribution < -0.4 is 5.73 Å². The van der Waals surface area contributed by atoms with Gasteiger partial charge in [-0.15, -0.1) is 0 Å². The maximum atomic E-state index is 10.1. The van der Waals surface area contributed by atoms with E-state index in [2.05, 4.69) is 13.8 Å². The van der Waals surface area contributed by atoms with Crippen molar-refractivity contribution >= 4 is 0 Å². The van der Waals surface area contributed by atoms with Crippen LogP contribution in [0.1, 0.15) is 40.5 Å². The van der Waals surface area contributed by atoms with E-state index in [1.807, 2.05) is 13.8 Å². The Labute approximate surface area is 76.2 Å². The van der Waals surface area contributed by atoms with Gasteiger partial charge in [0.1, 0.15) is 0 Å². The van der Waals surface area contributed by atoms with E-state index >= 15 is 0 Å². The Morgan fingerprint density at radius 2 is 1.83 bits per heavy atom. The van der Waals surface area contributed by atoms with Crippen molar-refractivity contribution in [3.05, 3.63) is 0 Å². The van der Waals surface area contributed by atoms with Gasteiger partial charge < -0.3 is 10.8 Å². The lowest BCUT2D eigenvalue weighted by atomic mass is 9.82. The van der Waals surface area contributed by atoms with E-state index in [1.165, 1.54) is 0 Å². The zero-order valence-corrected chi connectivity index (χ0v) is 8.80. The van der Waals surface area contributed by atoms with Crippen molar-refractivity contribution in [2.75, 3.05) is 6.54 Å². The Kier molecular flexibility index (Phi) is 4.80. The zero-order chi connectivity index (χ0) is 9.78. The van der Waals surface area contributed by atoms with E-state index in [4.69, 9.17) is 5.73 Å². The zero-order valence-electron chi connectivity index (χ0n) is 8.80. The SMILES string of the molecule is CCC(C)CC(O)(CN)C(C)C. The minimum atomic E-state index is -0.657. The number of rotatable bonds is 5. The summed E-state index contributed by atoms with van der Waals surface area (Å²) in [5, 5.41) is 10.1. The van der Waals surface area contributed by atoms with Crippen molar-refractivity contribution in [2.45, 2.75) is 46.1 Å². The van der Waals surface area contributed by atoms with Crippen LogP contribution in [-0.4, -0.2) is 17.3 Å². The molecule has 0 heterocycles. The summed E-state index contributed by atoms with van der Waals surface area (Å²) >= 11 is 0. The fourth-order valence-electron chi connectivity index (χ4n) is 1.30. The highest BCUT2D eigenvalue weighted by atomic mass is 16.3. The quantitative estimate of drug-likeness (QED) is 0.665. The average Bonchev–Trinajstić information content (AvgIpc) is 2.03. The number of nitrogens with two attached hydrogens (primary N) is 1. The fourth-order valence-corrected chi connectivity index (χ4v) is 1.30. The standard InChI is InChI=1S/C10H23NO/c1-5-9(4)6-10(12,7-11)8(2)3/h8-9,12H,5-7,11H2,1-4H3. The molecular formula is C10H23NO. The predicted molar refractivity (Wildman–Crippen MR) is 52.9 cm³/mol. The minimum absolute atomic E-state index is 0.247. The number of hydrogen-bond donors (Lipinski definition) is 2. The first-order valence-electron chi connectivity index (χ1n) is 4.88. The maximum absolute atomic E-state index is 10.1. The molecule has 12 heavy (non-hydrogen) atoms. The maximum Gasteiger partial charge on any atom is 0.0794 e. The van der Waals surface area contributed by atoms with Crippen molar-refractivity contribution in [2.24, 2.45) is 17.6 Å². The van der Waals surface area contributed by atoms with Gasteiger partial charge in [0, 0.05) is 6.54 Å². The first kappa shape index (κ1) is 11.9. The van der Waals surface area contributed by atoms with Gasteiger partial charge in [-0.2, -0.15) is 0 Å². The van der Waals surface area contributed by atoms with E-state index < -0.39 is 5.60 Å². The summed E-state index contributed by atoms with van der Waals surface area (Å²) in [7, 11) is 0. The molecule has 74 valence electrons. The second-order valence-electron chi connectivity index (χ2n) is 4.18. The van der Waals surface area contributed by atoms with Crippen molar-refractivity contribution in [1.29, 1.82) is 0 Å². The largest absolute Gasteiger partial charge is 0.388 e. The molecule has 0 fully saturated rings. The van der Waals surface area contributed by atoms with E-state index in [0.717, 1.165) is 12.8 Å². The highest BCUT2D eigenvalue weighted by molar-refractivity contribution is 4.84. The predicted octanol–water partition coefficient (Wildman–Crippen LogP) is 1.77. The molecule has 0 aromatic carbocycles. The molecule has 0 aromatic rings. The summed E-state index contributed by atoms with van der Waals surface area (Å²) in [4.78, 5) is 0. The molecular weight excluding hydrogens is 150 g/mol. The fraction of sp³-hybridized carbons (Fsp3) is 1.00. The van der Waals surface area contributed by atoms with Crippen molar-refractivity contribution in [3.8, 4) is 0 Å². The second kappa shape index (κ2) is 4.83. The van der Waals surface area contributed by atoms with E-state index in [9.17, 15) is 5.11 Å². The molecule has 0 aromatic heterocycles. The lowest BCUT2D eigenvalue weighted by molar-refractivity contribution is -0.0169. The normalized spacial score (nSPS) is 19.2. The molecule has 0 spiro atoms. The van der Waals surface area contributed by atoms with E-state index in [0.29, 0.717) is 12.5 Å². The van der Waals surface area contributed by atoms with Crippen molar-refractivity contribution in [3.63, 3.8) is 0 Å². The monoisotopic (exact) mass is 173 g/mol. The molecule has 0 amide bonds. The average molecular weight is 173 g/mol. The first-order valence-corrected chi connectivity index (χ1v) is 4.88. The third kappa shape index (κ3) is 3.11. The lowest BCUT2D eigenvalue weighted by Crippen LogP contribution is -2.44. The summed E-state index contributed by atoms with van der Waals surface area (Å²) in [6.45, 7) is 8.71. The first-order chi connectivity index (χ1) is 5.46. The van der Waals surface area contributed by atoms with Gasteiger partial charge in [0.25, 0.3) is 0 Å². The molecule has 0 rings (SSSR count). The highest BCUT2D eigenvalue weighted by Crippen LogP contribution is 2.25. The Morgan fingerprint density at radius 1 is 1.33 bits per heavy atom. The van der Waals surface area contributed by atoms with Crippen LogP contribution in [0, 0.1) is 11.8 Å². The van der Waals surface area contributed by atoms with Crippen LogP contribution in [-0.2, 0) is 0 Å². The molecule has 0 aliphatic rings. The second-order valence-corrected chi connectivity index (χ2v) is 4.18. The summed E-state index contributed by atoms with van der Waals surface area (Å²) in [6.07, 6.45) is 1.92. The molecule has 3 N–H and O–H groups in total. The van der Waals surface area contributed by atoms with Crippen LogP contribution in [0.3, 0.4) is 0 Å². The number of hydrogen-bond acceptors (Lipinski definition) is 2. The van der Waals surface area contributed by atoms with E-state index in [1.54, 1.807) is 0 Å². The van der Waals surface area contributed by atoms with Gasteiger partial charge in [0.05, 0.1) is 5.60 Å². The van der Waals surface area contributed by atoms with Gasteiger partial charge in [-0.25, -0.2) is 0 Å². The van der Waals surface area contributed by atoms with Gasteiger partial charge in [-0.05, 0) is 18.3 Å². The highest BCUT2D eigenvalue weighted by Gasteiger charge is 2.30. The molecule has 0 bridgehead atoms. The van der Waals surface area contributed by atoms with Crippen LogP contribution in [0.2, 0.25) is 0 Å². The van der Waals surface area contributed by atoms with Crippen LogP contribution in [0.15, 0.2) is 0 Å². The van der Waals surface area contributed by atoms with Crippen molar-refractivity contribution < 1.29 is 5.11 Å². The van der Waals surface area contributed by atoms with Gasteiger partial charge in [0.15, 0.2) is 0 Å². The van der Waals surface area contributed by atoms with Crippen LogP contribution in [0.4, 0.5) is 0 Å². The molecule has 2 atom stereocenters. The summed E-state index contributed by atoms with van der Waals surface area (Å²) < 4.78 is 0. The molecule has 0 radical (unpaired) electrons.